The summed E-state index contributed by atoms with van der Waals surface area (Å²) in [5, 5.41) is 0. The van der Waals surface area contributed by atoms with Gasteiger partial charge in [-0.1, -0.05) is 39.0 Å². The molecule has 0 aromatic rings. The van der Waals surface area contributed by atoms with Gasteiger partial charge in [0.15, 0.2) is 0 Å². The van der Waals surface area contributed by atoms with Gasteiger partial charge in [0.05, 0.1) is 6.10 Å². The third-order valence-corrected chi connectivity index (χ3v) is 4.24. The summed E-state index contributed by atoms with van der Waals surface area (Å²) in [5.41, 5.74) is 5.98. The molecule has 3 heteroatoms. The van der Waals surface area contributed by atoms with E-state index in [9.17, 15) is 0 Å². The van der Waals surface area contributed by atoms with Crippen LogP contribution in [0.5, 0.6) is 0 Å². The fraction of sp³-hybridized carbons (Fsp3) is 1.00. The minimum absolute atomic E-state index is 0.438. The maximum Gasteiger partial charge on any atom is 0.0702 e. The lowest BCUT2D eigenvalue weighted by molar-refractivity contribution is -0.00755. The van der Waals surface area contributed by atoms with Crippen LogP contribution in [-0.2, 0) is 4.74 Å². The Morgan fingerprint density at radius 2 is 2.00 bits per heavy atom. The summed E-state index contributed by atoms with van der Waals surface area (Å²) >= 11 is 0. The zero-order valence-corrected chi connectivity index (χ0v) is 13.1. The van der Waals surface area contributed by atoms with Crippen molar-refractivity contribution in [2.75, 3.05) is 26.2 Å². The van der Waals surface area contributed by atoms with Crippen LogP contribution in [0.3, 0.4) is 0 Å². The number of piperidine rings is 1. The second-order valence-corrected chi connectivity index (χ2v) is 5.81. The molecule has 2 atom stereocenters. The summed E-state index contributed by atoms with van der Waals surface area (Å²) in [4.78, 5) is 2.57. The third-order valence-electron chi connectivity index (χ3n) is 4.24. The van der Waals surface area contributed by atoms with Crippen molar-refractivity contribution in [3.05, 3.63) is 0 Å². The van der Waals surface area contributed by atoms with Crippen molar-refractivity contribution >= 4 is 0 Å². The first kappa shape index (κ1) is 16.9. The highest BCUT2D eigenvalue weighted by atomic mass is 16.5. The van der Waals surface area contributed by atoms with Crippen molar-refractivity contribution in [3.8, 4) is 0 Å². The van der Waals surface area contributed by atoms with Gasteiger partial charge in [-0.05, 0) is 32.7 Å². The zero-order chi connectivity index (χ0) is 13.9. The number of nitrogens with zero attached hydrogens (tertiary/aromatic N) is 1. The molecule has 0 aromatic heterocycles. The molecule has 1 aliphatic rings. The molecule has 1 heterocycles. The van der Waals surface area contributed by atoms with Gasteiger partial charge in [0.2, 0.25) is 0 Å². The van der Waals surface area contributed by atoms with E-state index in [1.807, 2.05) is 0 Å². The molecule has 114 valence electrons. The average molecular weight is 270 g/mol. The first-order chi connectivity index (χ1) is 9.31. The van der Waals surface area contributed by atoms with Gasteiger partial charge >= 0.3 is 0 Å². The van der Waals surface area contributed by atoms with Crippen LogP contribution in [0.15, 0.2) is 0 Å². The lowest BCUT2D eigenvalue weighted by atomic mass is 10.0. The van der Waals surface area contributed by atoms with E-state index in [2.05, 4.69) is 18.7 Å². The Hall–Kier alpha value is -0.120. The molecule has 3 nitrogen and oxygen atoms in total. The van der Waals surface area contributed by atoms with E-state index in [-0.39, 0.29) is 0 Å². The van der Waals surface area contributed by atoms with Crippen LogP contribution in [0.2, 0.25) is 0 Å². The van der Waals surface area contributed by atoms with Crippen molar-refractivity contribution < 1.29 is 4.74 Å². The van der Waals surface area contributed by atoms with E-state index < -0.39 is 0 Å². The van der Waals surface area contributed by atoms with Crippen LogP contribution in [0.25, 0.3) is 0 Å². The maximum absolute atomic E-state index is 5.98. The molecular weight excluding hydrogens is 236 g/mol. The molecule has 19 heavy (non-hydrogen) atoms. The lowest BCUT2D eigenvalue weighted by Gasteiger charge is -2.37. The molecule has 2 N–H and O–H groups in total. The Kier molecular flexibility index (Phi) is 9.48. The number of ether oxygens (including phenoxy) is 1. The normalized spacial score (nSPS) is 22.6. The molecule has 1 rings (SSSR count). The van der Waals surface area contributed by atoms with Gasteiger partial charge in [-0.15, -0.1) is 0 Å². The Morgan fingerprint density at radius 1 is 1.21 bits per heavy atom. The quantitative estimate of drug-likeness (QED) is 0.620. The van der Waals surface area contributed by atoms with Gasteiger partial charge in [-0.3, -0.25) is 4.90 Å². The van der Waals surface area contributed by atoms with E-state index in [0.29, 0.717) is 12.1 Å². The minimum atomic E-state index is 0.438. The molecule has 0 bridgehead atoms. The van der Waals surface area contributed by atoms with E-state index in [1.165, 1.54) is 57.9 Å². The number of hydrogen-bond donors (Lipinski definition) is 1. The molecule has 0 saturated carbocycles. The minimum Gasteiger partial charge on any atom is -0.377 e. The van der Waals surface area contributed by atoms with E-state index in [0.717, 1.165) is 19.7 Å². The first-order valence-electron chi connectivity index (χ1n) is 8.37. The first-order valence-corrected chi connectivity index (χ1v) is 8.37. The predicted molar refractivity (Wildman–Crippen MR) is 82.4 cm³/mol. The van der Waals surface area contributed by atoms with E-state index >= 15 is 0 Å². The Balaban J connectivity index is 2.24. The van der Waals surface area contributed by atoms with Crippen molar-refractivity contribution in [2.24, 2.45) is 5.73 Å². The molecule has 0 aromatic carbocycles. The van der Waals surface area contributed by atoms with E-state index in [1.54, 1.807) is 0 Å². The lowest BCUT2D eigenvalue weighted by Crippen LogP contribution is -2.48. The Bertz CT molecular complexity index is 209. The summed E-state index contributed by atoms with van der Waals surface area (Å²) in [6.45, 7) is 8.29. The average Bonchev–Trinajstić information content (AvgIpc) is 2.43. The van der Waals surface area contributed by atoms with E-state index in [4.69, 9.17) is 10.5 Å². The number of nitrogens with two attached hydrogens (primary N) is 1. The number of rotatable bonds is 10. The predicted octanol–water partition coefficient (Wildman–Crippen LogP) is 3.18. The number of unbranched alkanes of at least 4 members (excludes halogenated alkanes) is 4. The fourth-order valence-corrected chi connectivity index (χ4v) is 3.10. The van der Waals surface area contributed by atoms with Crippen LogP contribution in [0.4, 0.5) is 0 Å². The van der Waals surface area contributed by atoms with Crippen molar-refractivity contribution in [1.82, 2.24) is 4.90 Å². The summed E-state index contributed by atoms with van der Waals surface area (Å²) in [7, 11) is 0. The SMILES string of the molecule is CCCCCCCC(CN)N1CCCC(OCC)C1. The summed E-state index contributed by atoms with van der Waals surface area (Å²) < 4.78 is 5.78. The second kappa shape index (κ2) is 10.6. The summed E-state index contributed by atoms with van der Waals surface area (Å²) in [6, 6.07) is 0.574. The standard InChI is InChI=1S/C16H34N2O/c1-3-5-6-7-8-10-15(13-17)18-12-9-11-16(14-18)19-4-2/h15-16H,3-14,17H2,1-2H3. The zero-order valence-electron chi connectivity index (χ0n) is 13.1. The molecule has 0 aliphatic carbocycles. The molecule has 1 saturated heterocycles. The van der Waals surface area contributed by atoms with Crippen molar-refractivity contribution in [2.45, 2.75) is 77.4 Å². The van der Waals surface area contributed by atoms with Crippen LogP contribution < -0.4 is 5.73 Å². The Labute approximate surface area is 119 Å². The molecular formula is C16H34N2O. The second-order valence-electron chi connectivity index (χ2n) is 5.81. The number of hydrogen-bond acceptors (Lipinski definition) is 3. The Morgan fingerprint density at radius 3 is 2.68 bits per heavy atom. The topological polar surface area (TPSA) is 38.5 Å². The van der Waals surface area contributed by atoms with Gasteiger partial charge in [0.1, 0.15) is 0 Å². The molecule has 1 aliphatic heterocycles. The van der Waals surface area contributed by atoms with Crippen molar-refractivity contribution in [3.63, 3.8) is 0 Å². The molecule has 0 spiro atoms. The van der Waals surface area contributed by atoms with Gasteiger partial charge in [-0.2, -0.15) is 0 Å². The number of likely N-dealkylation sites (tertiary alicyclic amines) is 1. The molecule has 2 unspecified atom stereocenters. The highest BCUT2D eigenvalue weighted by molar-refractivity contribution is 4.80. The monoisotopic (exact) mass is 270 g/mol. The van der Waals surface area contributed by atoms with Gasteiger partial charge in [-0.25, -0.2) is 0 Å². The molecule has 0 radical (unpaired) electrons. The van der Waals surface area contributed by atoms with Gasteiger partial charge in [0.25, 0.3) is 0 Å². The summed E-state index contributed by atoms with van der Waals surface area (Å²) in [6.07, 6.45) is 11.0. The largest absolute Gasteiger partial charge is 0.377 e. The third kappa shape index (κ3) is 6.73. The van der Waals surface area contributed by atoms with Gasteiger partial charge in [0, 0.05) is 25.7 Å². The highest BCUT2D eigenvalue weighted by Gasteiger charge is 2.24. The van der Waals surface area contributed by atoms with Crippen LogP contribution >= 0.6 is 0 Å². The highest BCUT2D eigenvalue weighted by Crippen LogP contribution is 2.18. The smallest absolute Gasteiger partial charge is 0.0702 e. The van der Waals surface area contributed by atoms with Crippen LogP contribution in [-0.4, -0.2) is 43.3 Å². The van der Waals surface area contributed by atoms with Gasteiger partial charge < -0.3 is 10.5 Å². The maximum atomic E-state index is 5.98. The fourth-order valence-electron chi connectivity index (χ4n) is 3.10. The van der Waals surface area contributed by atoms with Crippen LogP contribution in [0, 0.1) is 0 Å². The van der Waals surface area contributed by atoms with Crippen LogP contribution in [0.1, 0.15) is 65.2 Å². The molecule has 1 fully saturated rings. The van der Waals surface area contributed by atoms with Crippen molar-refractivity contribution in [1.29, 1.82) is 0 Å². The molecule has 0 amide bonds. The summed E-state index contributed by atoms with van der Waals surface area (Å²) in [5.74, 6) is 0.